The third-order valence-electron chi connectivity index (χ3n) is 2.89. The molecule has 0 saturated heterocycles. The van der Waals surface area contributed by atoms with Crippen molar-refractivity contribution in [2.75, 3.05) is 0 Å². The number of nitrogens with two attached hydrogens (primary N) is 1. The van der Waals surface area contributed by atoms with Gasteiger partial charge in [0.25, 0.3) is 0 Å². The molecule has 1 aromatic heterocycles. The molecule has 0 aliphatic heterocycles. The minimum absolute atomic E-state index is 0.0100. The molecule has 1 aromatic carbocycles. The first-order chi connectivity index (χ1) is 8.81. The van der Waals surface area contributed by atoms with Crippen molar-refractivity contribution < 1.29 is 0 Å². The van der Waals surface area contributed by atoms with Crippen LogP contribution >= 0.6 is 0 Å². The van der Waals surface area contributed by atoms with E-state index in [-0.39, 0.29) is 6.04 Å². The van der Waals surface area contributed by atoms with Crippen LogP contribution in [0.1, 0.15) is 30.9 Å². The minimum atomic E-state index is 0.0100. The molecule has 0 saturated carbocycles. The molecule has 2 N–H and O–H groups in total. The van der Waals surface area contributed by atoms with Gasteiger partial charge in [0.15, 0.2) is 0 Å². The van der Waals surface area contributed by atoms with E-state index in [4.69, 9.17) is 12.2 Å². The van der Waals surface area contributed by atoms with E-state index in [1.807, 2.05) is 47.4 Å². The summed E-state index contributed by atoms with van der Waals surface area (Å²) in [5, 5.41) is 4.33. The number of benzene rings is 1. The van der Waals surface area contributed by atoms with Gasteiger partial charge >= 0.3 is 0 Å². The van der Waals surface area contributed by atoms with Crippen LogP contribution in [0.4, 0.5) is 0 Å². The molecule has 0 radical (unpaired) electrons. The quantitative estimate of drug-likeness (QED) is 0.644. The molecule has 2 rings (SSSR count). The van der Waals surface area contributed by atoms with Crippen molar-refractivity contribution in [1.29, 1.82) is 0 Å². The van der Waals surface area contributed by atoms with Gasteiger partial charge in [0.2, 0.25) is 0 Å². The maximum Gasteiger partial charge on any atom is 0.0645 e. The Hall–Kier alpha value is -2.05. The van der Waals surface area contributed by atoms with Gasteiger partial charge in [-0.1, -0.05) is 18.2 Å². The topological polar surface area (TPSA) is 43.8 Å². The number of para-hydroxylation sites is 1. The second-order valence-electron chi connectivity index (χ2n) is 4.26. The third kappa shape index (κ3) is 2.99. The van der Waals surface area contributed by atoms with E-state index in [1.54, 1.807) is 0 Å². The van der Waals surface area contributed by atoms with Crippen LogP contribution in [-0.4, -0.2) is 9.78 Å². The van der Waals surface area contributed by atoms with Crippen LogP contribution in [0, 0.1) is 12.3 Å². The standard InChI is InChI=1S/C15H17N3/c1-2-3-5-10-15(16)13-11-17-18(12-13)14-8-6-4-7-9-14/h1,4,6-9,11-12,15H,3,5,10,16H2. The summed E-state index contributed by atoms with van der Waals surface area (Å²) >= 11 is 0. The van der Waals surface area contributed by atoms with E-state index in [0.29, 0.717) is 0 Å². The smallest absolute Gasteiger partial charge is 0.0645 e. The summed E-state index contributed by atoms with van der Waals surface area (Å²) in [6, 6.07) is 10.0. The molecule has 18 heavy (non-hydrogen) atoms. The van der Waals surface area contributed by atoms with E-state index in [2.05, 4.69) is 11.0 Å². The molecule has 3 nitrogen and oxygen atoms in total. The van der Waals surface area contributed by atoms with Crippen molar-refractivity contribution in [3.8, 4) is 18.0 Å². The predicted molar refractivity (Wildman–Crippen MR) is 73.2 cm³/mol. The van der Waals surface area contributed by atoms with Crippen LogP contribution in [-0.2, 0) is 0 Å². The SMILES string of the molecule is C#CCCCC(N)c1cnn(-c2ccccc2)c1. The molecule has 0 aliphatic carbocycles. The Balaban J connectivity index is 2.04. The van der Waals surface area contributed by atoms with Crippen LogP contribution < -0.4 is 5.73 Å². The summed E-state index contributed by atoms with van der Waals surface area (Å²) in [7, 11) is 0. The fraction of sp³-hybridized carbons (Fsp3) is 0.267. The van der Waals surface area contributed by atoms with E-state index in [1.165, 1.54) is 0 Å². The molecule has 0 aliphatic rings. The normalized spacial score (nSPS) is 12.0. The highest BCUT2D eigenvalue weighted by Gasteiger charge is 2.08. The van der Waals surface area contributed by atoms with Crippen LogP contribution in [0.15, 0.2) is 42.7 Å². The Labute approximate surface area is 108 Å². The van der Waals surface area contributed by atoms with E-state index < -0.39 is 0 Å². The lowest BCUT2D eigenvalue weighted by Gasteiger charge is -2.07. The Kier molecular flexibility index (Phi) is 4.16. The fourth-order valence-corrected chi connectivity index (χ4v) is 1.84. The molecule has 0 fully saturated rings. The molecular weight excluding hydrogens is 222 g/mol. The third-order valence-corrected chi connectivity index (χ3v) is 2.89. The van der Waals surface area contributed by atoms with Crippen molar-refractivity contribution in [3.63, 3.8) is 0 Å². The fourth-order valence-electron chi connectivity index (χ4n) is 1.84. The minimum Gasteiger partial charge on any atom is -0.324 e. The molecule has 92 valence electrons. The second-order valence-corrected chi connectivity index (χ2v) is 4.26. The van der Waals surface area contributed by atoms with Crippen LogP contribution in [0.2, 0.25) is 0 Å². The van der Waals surface area contributed by atoms with E-state index >= 15 is 0 Å². The largest absolute Gasteiger partial charge is 0.324 e. The van der Waals surface area contributed by atoms with Crippen LogP contribution in [0.5, 0.6) is 0 Å². The molecule has 1 unspecified atom stereocenters. The van der Waals surface area contributed by atoms with Gasteiger partial charge in [0, 0.05) is 24.2 Å². The van der Waals surface area contributed by atoms with E-state index in [9.17, 15) is 0 Å². The first-order valence-corrected chi connectivity index (χ1v) is 6.10. The molecule has 0 amide bonds. The van der Waals surface area contributed by atoms with Crippen LogP contribution in [0.3, 0.4) is 0 Å². The average molecular weight is 239 g/mol. The van der Waals surface area contributed by atoms with Gasteiger partial charge in [-0.25, -0.2) is 4.68 Å². The van der Waals surface area contributed by atoms with Crippen molar-refractivity contribution in [2.24, 2.45) is 5.73 Å². The summed E-state index contributed by atoms with van der Waals surface area (Å²) in [5.41, 5.74) is 8.20. The van der Waals surface area contributed by atoms with Crippen molar-refractivity contribution >= 4 is 0 Å². The van der Waals surface area contributed by atoms with Gasteiger partial charge in [-0.3, -0.25) is 0 Å². The molecule has 0 spiro atoms. The highest BCUT2D eigenvalue weighted by molar-refractivity contribution is 5.31. The zero-order chi connectivity index (χ0) is 12.8. The summed E-state index contributed by atoms with van der Waals surface area (Å²) < 4.78 is 1.84. The summed E-state index contributed by atoms with van der Waals surface area (Å²) in [6.45, 7) is 0. The molecule has 3 heteroatoms. The molecule has 1 heterocycles. The number of hydrogen-bond donors (Lipinski definition) is 1. The maximum absolute atomic E-state index is 6.11. The van der Waals surface area contributed by atoms with Crippen molar-refractivity contribution in [3.05, 3.63) is 48.3 Å². The van der Waals surface area contributed by atoms with Crippen molar-refractivity contribution in [2.45, 2.75) is 25.3 Å². The summed E-state index contributed by atoms with van der Waals surface area (Å²) in [4.78, 5) is 0. The molecule has 2 aromatic rings. The van der Waals surface area contributed by atoms with Gasteiger partial charge in [-0.2, -0.15) is 5.10 Å². The first kappa shape index (κ1) is 12.4. The van der Waals surface area contributed by atoms with Crippen molar-refractivity contribution in [1.82, 2.24) is 9.78 Å². The number of nitrogens with zero attached hydrogens (tertiary/aromatic N) is 2. The highest BCUT2D eigenvalue weighted by Crippen LogP contribution is 2.17. The Morgan fingerprint density at radius 3 is 2.83 bits per heavy atom. The number of rotatable bonds is 5. The lowest BCUT2D eigenvalue weighted by atomic mass is 10.1. The van der Waals surface area contributed by atoms with Gasteiger partial charge < -0.3 is 5.73 Å². The van der Waals surface area contributed by atoms with Gasteiger partial charge in [-0.15, -0.1) is 12.3 Å². The van der Waals surface area contributed by atoms with E-state index in [0.717, 1.165) is 30.5 Å². The summed E-state index contributed by atoms with van der Waals surface area (Å²) in [5.74, 6) is 2.63. The molecular formula is C15H17N3. The lowest BCUT2D eigenvalue weighted by Crippen LogP contribution is -2.09. The zero-order valence-electron chi connectivity index (χ0n) is 10.3. The van der Waals surface area contributed by atoms with Gasteiger partial charge in [0.1, 0.15) is 0 Å². The summed E-state index contributed by atoms with van der Waals surface area (Å²) in [6.07, 6.45) is 11.7. The Bertz CT molecular complexity index is 522. The average Bonchev–Trinajstić information content (AvgIpc) is 2.89. The lowest BCUT2D eigenvalue weighted by molar-refractivity contribution is 0.621. The molecule has 1 atom stereocenters. The van der Waals surface area contributed by atoms with Crippen LogP contribution in [0.25, 0.3) is 5.69 Å². The highest BCUT2D eigenvalue weighted by atomic mass is 15.3. The number of aromatic nitrogens is 2. The number of hydrogen-bond acceptors (Lipinski definition) is 2. The second kappa shape index (κ2) is 6.04. The molecule has 0 bridgehead atoms. The Morgan fingerprint density at radius 2 is 2.11 bits per heavy atom. The monoisotopic (exact) mass is 239 g/mol. The zero-order valence-corrected chi connectivity index (χ0v) is 10.3. The number of unbranched alkanes of at least 4 members (excludes halogenated alkanes) is 1. The van der Waals surface area contributed by atoms with Gasteiger partial charge in [0.05, 0.1) is 11.9 Å². The van der Waals surface area contributed by atoms with Gasteiger partial charge in [-0.05, 0) is 25.0 Å². The first-order valence-electron chi connectivity index (χ1n) is 6.10. The number of terminal acetylenes is 1. The predicted octanol–water partition coefficient (Wildman–Crippen LogP) is 2.68. The Morgan fingerprint density at radius 1 is 1.33 bits per heavy atom. The maximum atomic E-state index is 6.11.